The van der Waals surface area contributed by atoms with Crippen molar-refractivity contribution in [3.63, 3.8) is 0 Å². The molecule has 2 rings (SSSR count). The van der Waals surface area contributed by atoms with Gasteiger partial charge in [0.05, 0.1) is 0 Å². The summed E-state index contributed by atoms with van der Waals surface area (Å²) in [4.78, 5) is 2.58. The van der Waals surface area contributed by atoms with E-state index in [9.17, 15) is 0 Å². The molecule has 1 aromatic carbocycles. The largest absolute Gasteiger partial charge is 0.368 e. The first-order valence-electron chi connectivity index (χ1n) is 7.30. The Morgan fingerprint density at radius 3 is 2.94 bits per heavy atom. The third-order valence-corrected chi connectivity index (χ3v) is 3.94. The molecule has 0 bridgehead atoms. The lowest BCUT2D eigenvalue weighted by Crippen LogP contribution is -2.32. The average molecular weight is 246 g/mol. The molecule has 2 atom stereocenters. The zero-order chi connectivity index (χ0) is 13.0. The summed E-state index contributed by atoms with van der Waals surface area (Å²) in [7, 11) is 0. The Kier molecular flexibility index (Phi) is 4.65. The lowest BCUT2D eigenvalue weighted by Gasteiger charge is -2.25. The van der Waals surface area contributed by atoms with Crippen LogP contribution in [0.1, 0.15) is 39.2 Å². The van der Waals surface area contributed by atoms with Crippen LogP contribution < -0.4 is 10.2 Å². The normalized spacial score (nSPS) is 19.9. The van der Waals surface area contributed by atoms with E-state index in [0.717, 1.165) is 6.54 Å². The van der Waals surface area contributed by atoms with Gasteiger partial charge in [-0.25, -0.2) is 0 Å². The van der Waals surface area contributed by atoms with Crippen LogP contribution >= 0.6 is 0 Å². The number of fused-ring (bicyclic) bond motifs is 1. The van der Waals surface area contributed by atoms with E-state index in [1.54, 1.807) is 0 Å². The summed E-state index contributed by atoms with van der Waals surface area (Å²) in [6, 6.07) is 10.2. The SMILES string of the molecule is CCNC(C)CCCN1c2ccccc2CC1C. The number of hydrogen-bond donors (Lipinski definition) is 1. The molecule has 0 aromatic heterocycles. The van der Waals surface area contributed by atoms with Crippen molar-refractivity contribution in [2.45, 2.75) is 52.1 Å². The molecule has 2 nitrogen and oxygen atoms in total. The van der Waals surface area contributed by atoms with Crippen LogP contribution in [0, 0.1) is 0 Å². The highest BCUT2D eigenvalue weighted by molar-refractivity contribution is 5.59. The maximum absolute atomic E-state index is 3.48. The maximum Gasteiger partial charge on any atom is 0.0402 e. The number of para-hydroxylation sites is 1. The summed E-state index contributed by atoms with van der Waals surface area (Å²) < 4.78 is 0. The Morgan fingerprint density at radius 2 is 2.17 bits per heavy atom. The Morgan fingerprint density at radius 1 is 1.39 bits per heavy atom. The van der Waals surface area contributed by atoms with E-state index in [2.05, 4.69) is 55.3 Å². The molecular formula is C16H26N2. The van der Waals surface area contributed by atoms with Crippen molar-refractivity contribution in [2.75, 3.05) is 18.0 Å². The van der Waals surface area contributed by atoms with Crippen molar-refractivity contribution in [3.8, 4) is 0 Å². The van der Waals surface area contributed by atoms with E-state index in [0.29, 0.717) is 12.1 Å². The summed E-state index contributed by atoms with van der Waals surface area (Å²) in [5.41, 5.74) is 2.98. The molecule has 0 amide bonds. The van der Waals surface area contributed by atoms with E-state index in [1.165, 1.54) is 37.1 Å². The van der Waals surface area contributed by atoms with Crippen molar-refractivity contribution < 1.29 is 0 Å². The number of benzene rings is 1. The van der Waals surface area contributed by atoms with Gasteiger partial charge in [0.1, 0.15) is 0 Å². The zero-order valence-corrected chi connectivity index (χ0v) is 11.9. The molecule has 0 spiro atoms. The summed E-state index contributed by atoms with van der Waals surface area (Å²) in [6.45, 7) is 9.06. The van der Waals surface area contributed by atoms with Crippen molar-refractivity contribution in [1.29, 1.82) is 0 Å². The first-order chi connectivity index (χ1) is 8.72. The van der Waals surface area contributed by atoms with E-state index in [1.807, 2.05) is 0 Å². The lowest BCUT2D eigenvalue weighted by molar-refractivity contribution is 0.504. The van der Waals surface area contributed by atoms with Gasteiger partial charge in [-0.1, -0.05) is 25.1 Å². The summed E-state index contributed by atoms with van der Waals surface area (Å²) in [5.74, 6) is 0. The second-order valence-corrected chi connectivity index (χ2v) is 5.48. The molecule has 1 heterocycles. The number of anilines is 1. The Hall–Kier alpha value is -1.02. The van der Waals surface area contributed by atoms with Crippen LogP contribution in [-0.4, -0.2) is 25.2 Å². The molecule has 0 saturated heterocycles. The van der Waals surface area contributed by atoms with Crippen LogP contribution in [-0.2, 0) is 6.42 Å². The van der Waals surface area contributed by atoms with Crippen molar-refractivity contribution in [2.24, 2.45) is 0 Å². The van der Waals surface area contributed by atoms with Gasteiger partial charge in [0.2, 0.25) is 0 Å². The van der Waals surface area contributed by atoms with Crippen LogP contribution in [0.25, 0.3) is 0 Å². The number of hydrogen-bond acceptors (Lipinski definition) is 2. The molecule has 2 heteroatoms. The highest BCUT2D eigenvalue weighted by Crippen LogP contribution is 2.31. The van der Waals surface area contributed by atoms with Crippen LogP contribution in [0.3, 0.4) is 0 Å². The fourth-order valence-electron chi connectivity index (χ4n) is 2.99. The fraction of sp³-hybridized carbons (Fsp3) is 0.625. The van der Waals surface area contributed by atoms with Crippen molar-refractivity contribution in [1.82, 2.24) is 5.32 Å². The highest BCUT2D eigenvalue weighted by atomic mass is 15.2. The van der Waals surface area contributed by atoms with Gasteiger partial charge in [0, 0.05) is 24.3 Å². The number of nitrogens with one attached hydrogen (secondary N) is 1. The van der Waals surface area contributed by atoms with Gasteiger partial charge in [-0.2, -0.15) is 0 Å². The van der Waals surface area contributed by atoms with Crippen LogP contribution in [0.2, 0.25) is 0 Å². The number of rotatable bonds is 6. The smallest absolute Gasteiger partial charge is 0.0402 e. The van der Waals surface area contributed by atoms with Gasteiger partial charge in [-0.3, -0.25) is 0 Å². The van der Waals surface area contributed by atoms with Gasteiger partial charge in [0.25, 0.3) is 0 Å². The third kappa shape index (κ3) is 3.05. The summed E-state index contributed by atoms with van der Waals surface area (Å²) in [6.07, 6.45) is 3.74. The molecule has 0 radical (unpaired) electrons. The first kappa shape index (κ1) is 13.4. The minimum absolute atomic E-state index is 0.642. The highest BCUT2D eigenvalue weighted by Gasteiger charge is 2.24. The van der Waals surface area contributed by atoms with Gasteiger partial charge in [-0.15, -0.1) is 0 Å². The molecule has 1 aliphatic heterocycles. The van der Waals surface area contributed by atoms with E-state index >= 15 is 0 Å². The Labute approximate surface area is 111 Å². The standard InChI is InChI=1S/C16H26N2/c1-4-17-13(2)8-7-11-18-14(3)12-15-9-5-6-10-16(15)18/h5-6,9-10,13-14,17H,4,7-8,11-12H2,1-3H3. The van der Waals surface area contributed by atoms with E-state index in [-0.39, 0.29) is 0 Å². The van der Waals surface area contributed by atoms with Gasteiger partial charge >= 0.3 is 0 Å². The van der Waals surface area contributed by atoms with Crippen molar-refractivity contribution in [3.05, 3.63) is 29.8 Å². The van der Waals surface area contributed by atoms with Crippen molar-refractivity contribution >= 4 is 5.69 Å². The molecule has 1 aliphatic rings. The monoisotopic (exact) mass is 246 g/mol. The molecule has 18 heavy (non-hydrogen) atoms. The average Bonchev–Trinajstić information content (AvgIpc) is 2.66. The topological polar surface area (TPSA) is 15.3 Å². The van der Waals surface area contributed by atoms with Gasteiger partial charge < -0.3 is 10.2 Å². The van der Waals surface area contributed by atoms with Crippen LogP contribution in [0.5, 0.6) is 0 Å². The third-order valence-electron chi connectivity index (χ3n) is 3.94. The maximum atomic E-state index is 3.48. The second-order valence-electron chi connectivity index (χ2n) is 5.48. The van der Waals surface area contributed by atoms with Crippen LogP contribution in [0.15, 0.2) is 24.3 Å². The zero-order valence-electron chi connectivity index (χ0n) is 11.9. The number of nitrogens with zero attached hydrogens (tertiary/aromatic N) is 1. The van der Waals surface area contributed by atoms with Gasteiger partial charge in [0.15, 0.2) is 0 Å². The predicted octanol–water partition coefficient (Wildman–Crippen LogP) is 3.22. The predicted molar refractivity (Wildman–Crippen MR) is 79.3 cm³/mol. The minimum Gasteiger partial charge on any atom is -0.368 e. The molecular weight excluding hydrogens is 220 g/mol. The summed E-state index contributed by atoms with van der Waals surface area (Å²) >= 11 is 0. The second kappa shape index (κ2) is 6.24. The fourth-order valence-corrected chi connectivity index (χ4v) is 2.99. The molecule has 1 N–H and O–H groups in total. The molecule has 1 aromatic rings. The molecule has 0 saturated carbocycles. The van der Waals surface area contributed by atoms with E-state index < -0.39 is 0 Å². The molecule has 0 aliphatic carbocycles. The molecule has 2 unspecified atom stereocenters. The Balaban J connectivity index is 1.86. The summed E-state index contributed by atoms with van der Waals surface area (Å²) in [5, 5.41) is 3.48. The minimum atomic E-state index is 0.642. The quantitative estimate of drug-likeness (QED) is 0.829. The van der Waals surface area contributed by atoms with Crippen LogP contribution in [0.4, 0.5) is 5.69 Å². The first-order valence-corrected chi connectivity index (χ1v) is 7.30. The van der Waals surface area contributed by atoms with E-state index in [4.69, 9.17) is 0 Å². The molecule has 0 fully saturated rings. The molecule has 100 valence electrons. The van der Waals surface area contributed by atoms with Gasteiger partial charge in [-0.05, 0) is 51.3 Å². The lowest BCUT2D eigenvalue weighted by atomic mass is 10.1. The Bertz CT molecular complexity index is 375.